The highest BCUT2D eigenvalue weighted by molar-refractivity contribution is 5.21. The van der Waals surface area contributed by atoms with Crippen molar-refractivity contribution in [2.75, 3.05) is 27.3 Å². The maximum absolute atomic E-state index is 5.63. The van der Waals surface area contributed by atoms with Gasteiger partial charge in [-0.25, -0.2) is 0 Å². The van der Waals surface area contributed by atoms with Crippen molar-refractivity contribution in [3.63, 3.8) is 0 Å². The molecule has 0 fully saturated rings. The molecule has 0 heterocycles. The molecule has 0 amide bonds. The molecule has 4 N–H and O–H groups in total. The van der Waals surface area contributed by atoms with Crippen molar-refractivity contribution in [3.8, 4) is 11.5 Å². The van der Waals surface area contributed by atoms with Gasteiger partial charge in [-0.05, 0) is 57.6 Å². The van der Waals surface area contributed by atoms with Gasteiger partial charge in [-0.2, -0.15) is 0 Å². The Morgan fingerprint density at radius 2 is 0.579 bits per heavy atom. The van der Waals surface area contributed by atoms with Crippen molar-refractivity contribution in [3.05, 3.63) is 60.7 Å². The van der Waals surface area contributed by atoms with Gasteiger partial charge in [0.1, 0.15) is 11.5 Å². The quantitative estimate of drug-likeness (QED) is 0.316. The molecule has 4 nitrogen and oxygen atoms in total. The predicted octanol–water partition coefficient (Wildman–Crippen LogP) is 13.0. The van der Waals surface area contributed by atoms with E-state index in [4.69, 9.17) is 9.47 Å². The maximum atomic E-state index is 5.63. The van der Waals surface area contributed by atoms with E-state index in [2.05, 4.69) is 11.5 Å². The van der Waals surface area contributed by atoms with Crippen LogP contribution in [0.4, 0.5) is 0 Å². The molecule has 0 unspecified atom stereocenters. The summed E-state index contributed by atoms with van der Waals surface area (Å²) in [5.74, 6) is 1.89. The van der Waals surface area contributed by atoms with E-state index < -0.39 is 0 Å². The minimum atomic E-state index is 0. The summed E-state index contributed by atoms with van der Waals surface area (Å²) in [6.07, 6.45) is 3.25. The first kappa shape index (κ1) is 110. The van der Waals surface area contributed by atoms with Crippen molar-refractivity contribution in [1.29, 1.82) is 0 Å². The highest BCUT2D eigenvalue weighted by Crippen LogP contribution is 2.11. The molecule has 0 bridgehead atoms. The minimum absolute atomic E-state index is 0. The predicted molar refractivity (Wildman–Crippen MR) is 199 cm³/mol. The number of rotatable bonds is 8. The van der Waals surface area contributed by atoms with Gasteiger partial charge in [-0.15, -0.1) is 0 Å². The lowest BCUT2D eigenvalue weighted by atomic mass is 10.2. The summed E-state index contributed by atoms with van der Waals surface area (Å²) in [5.41, 5.74) is 9.00. The van der Waals surface area contributed by atoms with Crippen molar-refractivity contribution < 1.29 is 9.47 Å². The lowest BCUT2D eigenvalue weighted by Gasteiger charge is -2.07. The molecule has 0 saturated carbocycles. The van der Waals surface area contributed by atoms with Gasteiger partial charge in [-0.1, -0.05) is 148 Å². The molecular weight excluding hydrogens is 468 g/mol. The minimum Gasteiger partial charge on any atom is -0.494 e. The first-order valence-electron chi connectivity index (χ1n) is 7.96. The van der Waals surface area contributed by atoms with Crippen LogP contribution in [0.15, 0.2) is 60.7 Å². The molecule has 0 aliphatic heterocycles. The highest BCUT2D eigenvalue weighted by Gasteiger charge is 1.94. The third-order valence-electron chi connectivity index (χ3n) is 2.81. The number of benzene rings is 2. The first-order chi connectivity index (χ1) is 11.4. The zero-order valence-corrected chi connectivity index (χ0v) is 14.3. The summed E-state index contributed by atoms with van der Waals surface area (Å²) in [5, 5.41) is 0. The third-order valence-corrected chi connectivity index (χ3v) is 2.81. The monoisotopic (exact) mass is 559 g/mol. The standard InChI is InChI=1S/C17H20O2.2CH5N.15CH4/c1-4-10-16(11-5-1)18-14-8-3-9-15-19-17-12-6-2-7-13-17;2*1-2;;;;;;;;;;;;;;;/h1-2,4-7,10-13H,3,8-9,14-15H2;2*2H2,1H3;15*1H4. The number of ether oxygens (including phenoxy) is 2. The average molecular weight is 559 g/mol. The molecule has 2 aromatic rings. The van der Waals surface area contributed by atoms with Crippen LogP contribution < -0.4 is 20.9 Å². The van der Waals surface area contributed by atoms with Gasteiger partial charge in [-0.3, -0.25) is 0 Å². The Morgan fingerprint density at radius 3 is 0.789 bits per heavy atom. The van der Waals surface area contributed by atoms with E-state index >= 15 is 0 Å². The molecule has 248 valence electrons. The number of nitrogens with two attached hydrogens (primary N) is 2. The molecule has 4 heteroatoms. The Balaban J connectivity index is -0.0000000174. The van der Waals surface area contributed by atoms with Gasteiger partial charge in [0.2, 0.25) is 0 Å². The largest absolute Gasteiger partial charge is 0.494 e. The maximum Gasteiger partial charge on any atom is 0.119 e. The van der Waals surface area contributed by atoms with Crippen LogP contribution in [0.3, 0.4) is 0 Å². The molecular formula is C34H90N2O2. The second kappa shape index (κ2) is 91.8. The van der Waals surface area contributed by atoms with Gasteiger partial charge in [0, 0.05) is 0 Å². The Labute approximate surface area is 251 Å². The van der Waals surface area contributed by atoms with Gasteiger partial charge in [0.15, 0.2) is 0 Å². The summed E-state index contributed by atoms with van der Waals surface area (Å²) in [4.78, 5) is 0. The lowest BCUT2D eigenvalue weighted by Crippen LogP contribution is -2.00. The summed E-state index contributed by atoms with van der Waals surface area (Å²) < 4.78 is 11.3. The van der Waals surface area contributed by atoms with Crippen LogP contribution in [0.1, 0.15) is 131 Å². The van der Waals surface area contributed by atoms with E-state index in [9.17, 15) is 0 Å². The summed E-state index contributed by atoms with van der Waals surface area (Å²) in [6, 6.07) is 19.9. The van der Waals surface area contributed by atoms with Crippen LogP contribution in [-0.2, 0) is 0 Å². The zero-order valence-electron chi connectivity index (χ0n) is 14.3. The van der Waals surface area contributed by atoms with Gasteiger partial charge < -0.3 is 20.9 Å². The van der Waals surface area contributed by atoms with E-state index in [1.54, 1.807) is 0 Å². The van der Waals surface area contributed by atoms with Crippen molar-refractivity contribution in [2.45, 2.75) is 131 Å². The fourth-order valence-corrected chi connectivity index (χ4v) is 1.79. The van der Waals surface area contributed by atoms with E-state index in [-0.39, 0.29) is 111 Å². The highest BCUT2D eigenvalue weighted by atomic mass is 16.5. The number of hydrogen-bond acceptors (Lipinski definition) is 4. The Hall–Kier alpha value is -2.04. The normalized spacial score (nSPS) is 5.37. The lowest BCUT2D eigenvalue weighted by molar-refractivity contribution is 0.279. The average Bonchev–Trinajstić information content (AvgIpc) is 2.66. The van der Waals surface area contributed by atoms with Gasteiger partial charge in [0.25, 0.3) is 0 Å². The second-order valence-electron chi connectivity index (χ2n) is 4.38. The fourth-order valence-electron chi connectivity index (χ4n) is 1.79. The van der Waals surface area contributed by atoms with Crippen molar-refractivity contribution in [1.82, 2.24) is 0 Å². The molecule has 2 aromatic carbocycles. The Bertz CT molecular complexity index is 409. The van der Waals surface area contributed by atoms with E-state index in [0.29, 0.717) is 0 Å². The topological polar surface area (TPSA) is 70.5 Å². The number of hydrogen-bond donors (Lipinski definition) is 2. The smallest absolute Gasteiger partial charge is 0.119 e. The Kier molecular flexibility index (Phi) is 266. The second-order valence-corrected chi connectivity index (χ2v) is 4.38. The van der Waals surface area contributed by atoms with E-state index in [1.165, 1.54) is 14.1 Å². The number of para-hydroxylation sites is 2. The molecule has 2 rings (SSSR count). The summed E-state index contributed by atoms with van der Waals surface area (Å²) >= 11 is 0. The van der Waals surface area contributed by atoms with Crippen LogP contribution in [0.5, 0.6) is 11.5 Å². The molecule has 0 aliphatic carbocycles. The third kappa shape index (κ3) is 64.3. The summed E-state index contributed by atoms with van der Waals surface area (Å²) in [7, 11) is 3.00. The summed E-state index contributed by atoms with van der Waals surface area (Å²) in [6.45, 7) is 1.55. The zero-order chi connectivity index (χ0) is 17.2. The molecule has 0 radical (unpaired) electrons. The van der Waals surface area contributed by atoms with Gasteiger partial charge >= 0.3 is 0 Å². The molecule has 0 atom stereocenters. The van der Waals surface area contributed by atoms with E-state index in [0.717, 1.165) is 44.0 Å². The van der Waals surface area contributed by atoms with Crippen LogP contribution in [0.25, 0.3) is 0 Å². The van der Waals surface area contributed by atoms with Crippen LogP contribution in [0.2, 0.25) is 0 Å². The van der Waals surface area contributed by atoms with Crippen LogP contribution in [0, 0.1) is 0 Å². The van der Waals surface area contributed by atoms with E-state index in [1.807, 2.05) is 60.7 Å². The van der Waals surface area contributed by atoms with Crippen LogP contribution >= 0.6 is 0 Å². The van der Waals surface area contributed by atoms with Gasteiger partial charge in [0.05, 0.1) is 13.2 Å². The fraction of sp³-hybridized carbons (Fsp3) is 0.647. The molecule has 0 aromatic heterocycles. The molecule has 0 aliphatic rings. The Morgan fingerprint density at radius 1 is 0.368 bits per heavy atom. The molecule has 38 heavy (non-hydrogen) atoms. The first-order valence-corrected chi connectivity index (χ1v) is 7.96. The van der Waals surface area contributed by atoms with Crippen molar-refractivity contribution in [2.24, 2.45) is 11.5 Å². The SMILES string of the molecule is C.C.C.C.C.C.C.C.C.C.C.C.C.C.C.CN.CN.c1ccc(OCCCCCOc2ccccc2)cc1. The molecule has 0 spiro atoms. The van der Waals surface area contributed by atoms with Crippen LogP contribution in [-0.4, -0.2) is 27.3 Å². The molecule has 0 saturated heterocycles. The van der Waals surface area contributed by atoms with Crippen molar-refractivity contribution >= 4 is 0 Å². The number of unbranched alkanes of at least 4 members (excludes halogenated alkanes) is 2.